The molecule has 0 radical (unpaired) electrons. The smallest absolute Gasteiger partial charge is 0.255 e. The zero-order valence-electron chi connectivity index (χ0n) is 24.0. The van der Waals surface area contributed by atoms with Crippen molar-refractivity contribution in [2.45, 2.75) is 30.6 Å². The van der Waals surface area contributed by atoms with E-state index in [4.69, 9.17) is 5.73 Å². The summed E-state index contributed by atoms with van der Waals surface area (Å²) in [6, 6.07) is 12.1. The molecule has 6 unspecified atom stereocenters. The summed E-state index contributed by atoms with van der Waals surface area (Å²) in [5, 5.41) is 59.0. The molecule has 44 heavy (non-hydrogen) atoms. The number of primary amides is 1. The number of nitrogens with zero attached hydrogens (tertiary/aromatic N) is 1. The van der Waals surface area contributed by atoms with Crippen molar-refractivity contribution in [2.24, 2.45) is 17.6 Å². The van der Waals surface area contributed by atoms with Crippen molar-refractivity contribution in [1.82, 2.24) is 4.90 Å². The summed E-state index contributed by atoms with van der Waals surface area (Å²) in [5.74, 6) is -9.63. The zero-order valence-corrected chi connectivity index (χ0v) is 24.0. The molecule has 6 rings (SSSR count). The first-order valence-electron chi connectivity index (χ1n) is 13.9. The summed E-state index contributed by atoms with van der Waals surface area (Å²) in [6.45, 7) is 1.68. The first kappa shape index (κ1) is 29.2. The number of aliphatic hydroxyl groups excluding tert-OH is 3. The lowest BCUT2D eigenvalue weighted by Crippen LogP contribution is -2.70. The number of benzene rings is 3. The van der Waals surface area contributed by atoms with E-state index in [0.29, 0.717) is 33.0 Å². The average Bonchev–Trinajstić information content (AvgIpc) is 2.98. The van der Waals surface area contributed by atoms with E-state index in [2.05, 4.69) is 0 Å². The molecule has 1 amide bonds. The lowest BCUT2D eigenvalue weighted by atomic mass is 9.54. The zero-order chi connectivity index (χ0) is 32.0. The Bertz CT molecular complexity index is 1890. The number of nitrogens with two attached hydrogens (primary N) is 1. The van der Waals surface area contributed by atoms with Crippen LogP contribution in [0.1, 0.15) is 34.3 Å². The number of likely N-dealkylation sites (N-methyl/N-ethyl adjacent to an activating group) is 1. The van der Waals surface area contributed by atoms with Crippen molar-refractivity contribution in [1.29, 1.82) is 0 Å². The third-order valence-corrected chi connectivity index (χ3v) is 9.48. The average molecular weight is 599 g/mol. The second-order valence-electron chi connectivity index (χ2n) is 11.8. The van der Waals surface area contributed by atoms with Gasteiger partial charge in [-0.1, -0.05) is 49.4 Å². The Balaban J connectivity index is 1.66. The van der Waals surface area contributed by atoms with Crippen molar-refractivity contribution in [3.63, 3.8) is 0 Å². The SMILES string of the molecule is CC1c2c(-c3ccc(C=O)c4ccccc34)ccc(O)c2C(O)=C2C(=O)C3(O)C(O)=C(C(N)=O)C(=O)C(N(C)C)C3C(O)C21. The minimum atomic E-state index is -2.99. The predicted octanol–water partition coefficient (Wildman–Crippen LogP) is 2.13. The number of amides is 1. The molecule has 1 fully saturated rings. The number of hydrogen-bond acceptors (Lipinski definition) is 10. The van der Waals surface area contributed by atoms with Crippen molar-refractivity contribution in [3.05, 3.63) is 82.1 Å². The molecular weight excluding hydrogens is 568 g/mol. The maximum Gasteiger partial charge on any atom is 0.255 e. The Kier molecular flexibility index (Phi) is 6.54. The number of ketones is 2. The summed E-state index contributed by atoms with van der Waals surface area (Å²) in [7, 11) is 2.90. The molecule has 0 saturated heterocycles. The number of hydrogen-bond donors (Lipinski definition) is 6. The van der Waals surface area contributed by atoms with Gasteiger partial charge in [-0.05, 0) is 53.5 Å². The normalized spacial score (nSPS) is 28.2. The number of carbonyl (C=O) groups is 4. The summed E-state index contributed by atoms with van der Waals surface area (Å²) in [6.07, 6.45) is -0.969. The third-order valence-electron chi connectivity index (χ3n) is 9.48. The Hall–Kier alpha value is -4.84. The molecule has 0 aliphatic heterocycles. The van der Waals surface area contributed by atoms with E-state index >= 15 is 0 Å². The molecule has 0 heterocycles. The third kappa shape index (κ3) is 3.60. The fraction of sp³-hybridized carbons (Fsp3) is 0.273. The fourth-order valence-electron chi connectivity index (χ4n) is 7.59. The topological polar surface area (TPSA) is 199 Å². The van der Waals surface area contributed by atoms with E-state index in [1.807, 2.05) is 6.07 Å². The number of rotatable bonds is 4. The van der Waals surface area contributed by atoms with Crippen LogP contribution in [0.4, 0.5) is 0 Å². The van der Waals surface area contributed by atoms with Gasteiger partial charge in [0.1, 0.15) is 22.8 Å². The highest BCUT2D eigenvalue weighted by molar-refractivity contribution is 6.24. The van der Waals surface area contributed by atoms with Crippen molar-refractivity contribution >= 4 is 40.3 Å². The maximum atomic E-state index is 14.2. The van der Waals surface area contributed by atoms with Crippen molar-refractivity contribution < 1.29 is 44.7 Å². The summed E-state index contributed by atoms with van der Waals surface area (Å²) >= 11 is 0. The molecule has 3 aliphatic carbocycles. The standard InChI is InChI=1S/C33H30N2O9/c1-13-20-18(17-9-8-14(12-36)15-6-4-5-7-16(15)17)10-11-19(37)22(20)27(38)23-21(13)28(39)25-26(35(2)3)29(40)24(32(34)43)31(42)33(25,44)30(23)41/h4-13,21,25-26,28,37-39,42,44H,1-3H3,(H2,34,43). The number of phenolic OH excluding ortho intramolecular Hbond substituents is 1. The molecule has 11 heteroatoms. The van der Waals surface area contributed by atoms with E-state index < -0.39 is 75.6 Å². The van der Waals surface area contributed by atoms with Crippen LogP contribution in [0.5, 0.6) is 5.75 Å². The minimum absolute atomic E-state index is 0.109. The molecular formula is C33H30N2O9. The van der Waals surface area contributed by atoms with Crippen LogP contribution in [0.3, 0.4) is 0 Å². The molecule has 3 aromatic carbocycles. The Morgan fingerprint density at radius 1 is 0.977 bits per heavy atom. The highest BCUT2D eigenvalue weighted by Crippen LogP contribution is 2.57. The molecule has 1 saturated carbocycles. The fourth-order valence-corrected chi connectivity index (χ4v) is 7.59. The maximum absolute atomic E-state index is 14.2. The van der Waals surface area contributed by atoms with Crippen LogP contribution in [0.15, 0.2) is 65.4 Å². The van der Waals surface area contributed by atoms with E-state index in [0.717, 1.165) is 6.29 Å². The van der Waals surface area contributed by atoms with Gasteiger partial charge in [-0.25, -0.2) is 0 Å². The van der Waals surface area contributed by atoms with Gasteiger partial charge in [-0.2, -0.15) is 0 Å². The summed E-state index contributed by atoms with van der Waals surface area (Å²) in [4.78, 5) is 52.9. The molecule has 3 aliphatic rings. The number of Topliss-reactive ketones (excluding diaryl/α,β-unsaturated/α-hetero) is 2. The number of carbonyl (C=O) groups excluding carboxylic acids is 4. The second kappa shape index (κ2) is 9.84. The van der Waals surface area contributed by atoms with Gasteiger partial charge in [0.15, 0.2) is 17.7 Å². The van der Waals surface area contributed by atoms with Crippen molar-refractivity contribution in [2.75, 3.05) is 14.1 Å². The second-order valence-corrected chi connectivity index (χ2v) is 11.8. The van der Waals surface area contributed by atoms with E-state index in [1.165, 1.54) is 25.1 Å². The van der Waals surface area contributed by atoms with Gasteiger partial charge < -0.3 is 31.3 Å². The van der Waals surface area contributed by atoms with Crippen LogP contribution in [-0.2, 0) is 14.4 Å². The molecule has 226 valence electrons. The van der Waals surface area contributed by atoms with Gasteiger partial charge in [0, 0.05) is 17.1 Å². The highest BCUT2D eigenvalue weighted by Gasteiger charge is 2.68. The van der Waals surface area contributed by atoms with Gasteiger partial charge in [-0.15, -0.1) is 0 Å². The van der Waals surface area contributed by atoms with Crippen molar-refractivity contribution in [3.8, 4) is 16.9 Å². The minimum Gasteiger partial charge on any atom is -0.508 e. The van der Waals surface area contributed by atoms with Crippen LogP contribution < -0.4 is 5.73 Å². The van der Waals surface area contributed by atoms with Gasteiger partial charge in [-0.3, -0.25) is 24.1 Å². The Morgan fingerprint density at radius 3 is 2.23 bits per heavy atom. The number of aromatic hydroxyl groups is 1. The quantitative estimate of drug-likeness (QED) is 0.191. The largest absolute Gasteiger partial charge is 0.508 e. The first-order chi connectivity index (χ1) is 20.8. The van der Waals surface area contributed by atoms with Gasteiger partial charge >= 0.3 is 0 Å². The molecule has 0 aromatic heterocycles. The summed E-state index contributed by atoms with van der Waals surface area (Å²) < 4.78 is 0. The molecule has 7 N–H and O–H groups in total. The summed E-state index contributed by atoms with van der Waals surface area (Å²) in [5.41, 5.74) is 2.89. The lowest BCUT2D eigenvalue weighted by Gasteiger charge is -2.53. The van der Waals surface area contributed by atoms with Crippen LogP contribution in [0.2, 0.25) is 0 Å². The lowest BCUT2D eigenvalue weighted by molar-refractivity contribution is -0.169. The number of aldehydes is 1. The number of aliphatic hydroxyl groups is 4. The van der Waals surface area contributed by atoms with E-state index in [-0.39, 0.29) is 11.3 Å². The molecule has 11 nitrogen and oxygen atoms in total. The van der Waals surface area contributed by atoms with Gasteiger partial charge in [0.2, 0.25) is 5.78 Å². The Morgan fingerprint density at radius 2 is 1.61 bits per heavy atom. The monoisotopic (exact) mass is 598 g/mol. The number of phenols is 1. The van der Waals surface area contributed by atoms with Crippen LogP contribution in [0, 0.1) is 11.8 Å². The molecule has 3 aromatic rings. The van der Waals surface area contributed by atoms with Crippen LogP contribution in [-0.4, -0.2) is 86.0 Å². The Labute approximate surface area is 251 Å². The molecule has 0 bridgehead atoms. The van der Waals surface area contributed by atoms with E-state index in [9.17, 15) is 44.7 Å². The molecule has 6 atom stereocenters. The van der Waals surface area contributed by atoms with Gasteiger partial charge in [0.05, 0.1) is 23.6 Å². The molecule has 0 spiro atoms. The van der Waals surface area contributed by atoms with Crippen LogP contribution in [0.25, 0.3) is 27.7 Å². The predicted molar refractivity (Wildman–Crippen MR) is 159 cm³/mol. The van der Waals surface area contributed by atoms with Gasteiger partial charge in [0.25, 0.3) is 5.91 Å². The highest BCUT2D eigenvalue weighted by atomic mass is 16.4. The van der Waals surface area contributed by atoms with Crippen LogP contribution >= 0.6 is 0 Å². The number of fused-ring (bicyclic) bond motifs is 4. The first-order valence-corrected chi connectivity index (χ1v) is 13.9. The van der Waals surface area contributed by atoms with E-state index in [1.54, 1.807) is 43.3 Å².